The van der Waals surface area contributed by atoms with E-state index >= 15 is 0 Å². The van der Waals surface area contributed by atoms with Gasteiger partial charge in [-0.15, -0.1) is 24.0 Å². The van der Waals surface area contributed by atoms with Crippen LogP contribution in [0.4, 0.5) is 0 Å². The van der Waals surface area contributed by atoms with Gasteiger partial charge in [-0.25, -0.2) is 0 Å². The Labute approximate surface area is 147 Å². The lowest BCUT2D eigenvalue weighted by Gasteiger charge is -2.20. The number of nitrogens with two attached hydrogens (primary N) is 1. The smallest absolute Gasteiger partial charge is 0.188 e. The van der Waals surface area contributed by atoms with Crippen LogP contribution in [0.1, 0.15) is 40.0 Å². The van der Waals surface area contributed by atoms with Gasteiger partial charge in [-0.1, -0.05) is 20.8 Å². The van der Waals surface area contributed by atoms with Gasteiger partial charge >= 0.3 is 0 Å². The molecular formula is C15H33IN4O. The summed E-state index contributed by atoms with van der Waals surface area (Å²) in [7, 11) is 0. The highest BCUT2D eigenvalue weighted by Gasteiger charge is 2.22. The molecule has 0 aliphatic carbocycles. The van der Waals surface area contributed by atoms with Gasteiger partial charge in [-0.3, -0.25) is 9.89 Å². The molecule has 1 saturated heterocycles. The minimum atomic E-state index is 0. The minimum absolute atomic E-state index is 0. The SMILES string of the molecule is CCN1CCCC1CN=C(N)NCCCOCC(C)C.I. The van der Waals surface area contributed by atoms with Crippen LogP contribution in [0.25, 0.3) is 0 Å². The van der Waals surface area contributed by atoms with Crippen LogP contribution < -0.4 is 11.1 Å². The maximum Gasteiger partial charge on any atom is 0.188 e. The van der Waals surface area contributed by atoms with Crippen molar-refractivity contribution in [3.63, 3.8) is 0 Å². The van der Waals surface area contributed by atoms with Gasteiger partial charge in [0.25, 0.3) is 0 Å². The minimum Gasteiger partial charge on any atom is -0.381 e. The number of aliphatic imine (C=N–C) groups is 1. The van der Waals surface area contributed by atoms with E-state index in [-0.39, 0.29) is 24.0 Å². The second-order valence-corrected chi connectivity index (χ2v) is 5.90. The number of nitrogens with one attached hydrogen (secondary N) is 1. The first-order valence-electron chi connectivity index (χ1n) is 7.99. The Kier molecular flexibility index (Phi) is 12.4. The van der Waals surface area contributed by atoms with Crippen LogP contribution in [-0.2, 0) is 4.74 Å². The predicted molar refractivity (Wildman–Crippen MR) is 100 cm³/mol. The van der Waals surface area contributed by atoms with Crippen LogP contribution >= 0.6 is 24.0 Å². The lowest BCUT2D eigenvalue weighted by Crippen LogP contribution is -2.36. The van der Waals surface area contributed by atoms with Crippen molar-refractivity contribution < 1.29 is 4.74 Å². The topological polar surface area (TPSA) is 62.9 Å². The van der Waals surface area contributed by atoms with Crippen molar-refractivity contribution in [3.05, 3.63) is 0 Å². The highest BCUT2D eigenvalue weighted by molar-refractivity contribution is 14.0. The number of halogens is 1. The molecule has 1 aliphatic rings. The molecule has 3 N–H and O–H groups in total. The second kappa shape index (κ2) is 12.5. The van der Waals surface area contributed by atoms with Crippen LogP contribution in [0.3, 0.4) is 0 Å². The van der Waals surface area contributed by atoms with Gasteiger partial charge in [0.05, 0.1) is 6.54 Å². The first-order chi connectivity index (χ1) is 9.63. The molecule has 0 aromatic carbocycles. The number of likely N-dealkylation sites (tertiary alicyclic amines) is 1. The van der Waals surface area contributed by atoms with Crippen LogP contribution in [0.2, 0.25) is 0 Å². The highest BCUT2D eigenvalue weighted by Crippen LogP contribution is 2.16. The Balaban J connectivity index is 0.00000400. The van der Waals surface area contributed by atoms with Crippen molar-refractivity contribution in [2.24, 2.45) is 16.6 Å². The first kappa shape index (κ1) is 20.9. The lowest BCUT2D eigenvalue weighted by molar-refractivity contribution is 0.108. The zero-order valence-electron chi connectivity index (χ0n) is 13.8. The molecule has 1 aliphatic heterocycles. The quantitative estimate of drug-likeness (QED) is 0.263. The molecule has 6 heteroatoms. The standard InChI is InChI=1S/C15H32N4O.HI/c1-4-19-9-5-7-14(19)11-18-15(16)17-8-6-10-20-12-13(2)3;/h13-14H,4-12H2,1-3H3,(H3,16,17,18);1H. The van der Waals surface area contributed by atoms with E-state index in [9.17, 15) is 0 Å². The Hall–Kier alpha value is -0.0800. The average molecular weight is 412 g/mol. The average Bonchev–Trinajstić information content (AvgIpc) is 2.87. The molecule has 1 atom stereocenters. The summed E-state index contributed by atoms with van der Waals surface area (Å²) < 4.78 is 5.52. The van der Waals surface area contributed by atoms with Gasteiger partial charge in [0.15, 0.2) is 5.96 Å². The van der Waals surface area contributed by atoms with E-state index in [2.05, 4.69) is 36.0 Å². The van der Waals surface area contributed by atoms with E-state index in [1.165, 1.54) is 19.4 Å². The maximum atomic E-state index is 5.88. The van der Waals surface area contributed by atoms with Crippen molar-refractivity contribution in [2.75, 3.05) is 39.4 Å². The summed E-state index contributed by atoms with van der Waals surface area (Å²) in [6, 6.07) is 0.578. The van der Waals surface area contributed by atoms with E-state index in [4.69, 9.17) is 10.5 Å². The summed E-state index contributed by atoms with van der Waals surface area (Å²) in [6.45, 7) is 12.1. The predicted octanol–water partition coefficient (Wildman–Crippen LogP) is 2.06. The fraction of sp³-hybridized carbons (Fsp3) is 0.933. The molecule has 0 aromatic heterocycles. The summed E-state index contributed by atoms with van der Waals surface area (Å²) in [5.41, 5.74) is 5.88. The van der Waals surface area contributed by atoms with Gasteiger partial charge in [0.1, 0.15) is 0 Å². The van der Waals surface area contributed by atoms with Gasteiger partial charge < -0.3 is 15.8 Å². The molecule has 126 valence electrons. The third-order valence-corrected chi connectivity index (χ3v) is 3.60. The third-order valence-electron chi connectivity index (χ3n) is 3.60. The molecule has 0 aromatic rings. The van der Waals surface area contributed by atoms with Crippen LogP contribution in [0.5, 0.6) is 0 Å². The van der Waals surface area contributed by atoms with E-state index in [0.717, 1.165) is 39.3 Å². The van der Waals surface area contributed by atoms with Crippen LogP contribution in [-0.4, -0.2) is 56.3 Å². The number of likely N-dealkylation sites (N-methyl/N-ethyl adjacent to an activating group) is 1. The molecule has 1 heterocycles. The molecule has 0 saturated carbocycles. The third kappa shape index (κ3) is 9.52. The number of hydrogen-bond acceptors (Lipinski definition) is 3. The molecule has 1 rings (SSSR count). The van der Waals surface area contributed by atoms with Gasteiger partial charge in [0, 0.05) is 25.8 Å². The highest BCUT2D eigenvalue weighted by atomic mass is 127. The van der Waals surface area contributed by atoms with Gasteiger partial charge in [-0.05, 0) is 38.3 Å². The summed E-state index contributed by atoms with van der Waals surface area (Å²) in [4.78, 5) is 6.93. The fourth-order valence-corrected chi connectivity index (χ4v) is 2.49. The van der Waals surface area contributed by atoms with E-state index in [1.807, 2.05) is 0 Å². The molecule has 0 radical (unpaired) electrons. The Morgan fingerprint density at radius 2 is 2.24 bits per heavy atom. The van der Waals surface area contributed by atoms with Crippen molar-refractivity contribution in [2.45, 2.75) is 46.1 Å². The monoisotopic (exact) mass is 412 g/mol. The molecule has 5 nitrogen and oxygen atoms in total. The summed E-state index contributed by atoms with van der Waals surface area (Å²) in [6.07, 6.45) is 3.50. The van der Waals surface area contributed by atoms with Crippen molar-refractivity contribution in [3.8, 4) is 0 Å². The summed E-state index contributed by atoms with van der Waals surface area (Å²) in [5.74, 6) is 1.17. The zero-order chi connectivity index (χ0) is 14.8. The van der Waals surface area contributed by atoms with E-state index in [0.29, 0.717) is 17.9 Å². The Bertz CT molecular complexity index is 287. The molecule has 1 unspecified atom stereocenters. The molecular weight excluding hydrogens is 379 g/mol. The second-order valence-electron chi connectivity index (χ2n) is 5.90. The number of rotatable bonds is 9. The summed E-state index contributed by atoms with van der Waals surface area (Å²) in [5, 5.41) is 3.16. The Morgan fingerprint density at radius 3 is 2.90 bits per heavy atom. The van der Waals surface area contributed by atoms with Crippen molar-refractivity contribution in [1.29, 1.82) is 0 Å². The fourth-order valence-electron chi connectivity index (χ4n) is 2.49. The lowest BCUT2D eigenvalue weighted by atomic mass is 10.2. The molecule has 0 bridgehead atoms. The first-order valence-corrected chi connectivity index (χ1v) is 7.99. The number of ether oxygens (including phenoxy) is 1. The number of guanidine groups is 1. The molecule has 1 fully saturated rings. The van der Waals surface area contributed by atoms with E-state index in [1.54, 1.807) is 0 Å². The molecule has 21 heavy (non-hydrogen) atoms. The van der Waals surface area contributed by atoms with Gasteiger partial charge in [0.2, 0.25) is 0 Å². The largest absolute Gasteiger partial charge is 0.381 e. The van der Waals surface area contributed by atoms with Crippen molar-refractivity contribution >= 4 is 29.9 Å². The van der Waals surface area contributed by atoms with Crippen LogP contribution in [0.15, 0.2) is 4.99 Å². The number of hydrogen-bond donors (Lipinski definition) is 2. The normalized spacial score (nSPS) is 19.8. The van der Waals surface area contributed by atoms with Gasteiger partial charge in [-0.2, -0.15) is 0 Å². The Morgan fingerprint density at radius 1 is 1.48 bits per heavy atom. The van der Waals surface area contributed by atoms with Crippen LogP contribution in [0, 0.1) is 5.92 Å². The van der Waals surface area contributed by atoms with E-state index < -0.39 is 0 Å². The maximum absolute atomic E-state index is 5.88. The summed E-state index contributed by atoms with van der Waals surface area (Å²) >= 11 is 0. The molecule has 0 spiro atoms. The molecule has 0 amide bonds. The zero-order valence-corrected chi connectivity index (χ0v) is 16.1. The van der Waals surface area contributed by atoms with Crippen molar-refractivity contribution in [1.82, 2.24) is 10.2 Å². The number of nitrogens with zero attached hydrogens (tertiary/aromatic N) is 2.